The van der Waals surface area contributed by atoms with Gasteiger partial charge < -0.3 is 4.74 Å². The van der Waals surface area contributed by atoms with Crippen molar-refractivity contribution < 1.29 is 4.74 Å². The van der Waals surface area contributed by atoms with Crippen molar-refractivity contribution in [3.63, 3.8) is 0 Å². The van der Waals surface area contributed by atoms with Gasteiger partial charge in [-0.15, -0.1) is 0 Å². The van der Waals surface area contributed by atoms with E-state index >= 15 is 0 Å². The number of pyridine rings is 1. The van der Waals surface area contributed by atoms with Gasteiger partial charge in [0.1, 0.15) is 10.3 Å². The van der Waals surface area contributed by atoms with Gasteiger partial charge in [-0.3, -0.25) is 4.90 Å². The minimum Gasteiger partial charge on any atom is -0.378 e. The molecule has 1 aromatic rings. The minimum absolute atomic E-state index is 0.438. The molecule has 0 bridgehead atoms. The normalized spacial score (nSPS) is 21.7. The quantitative estimate of drug-likeness (QED) is 0.793. The number of ether oxygens (including phenoxy) is 1. The fourth-order valence-corrected chi connectivity index (χ4v) is 2.46. The first kappa shape index (κ1) is 13.1. The molecule has 0 N–H and O–H groups in total. The molecule has 0 saturated carbocycles. The zero-order chi connectivity index (χ0) is 12.3. The Kier molecular flexibility index (Phi) is 4.62. The zero-order valence-electron chi connectivity index (χ0n) is 9.83. The van der Waals surface area contributed by atoms with Gasteiger partial charge in [0.15, 0.2) is 0 Å². The molecule has 5 heteroatoms. The lowest BCUT2D eigenvalue weighted by Gasteiger charge is -2.35. The molecule has 0 aliphatic carbocycles. The Morgan fingerprint density at radius 1 is 1.47 bits per heavy atom. The topological polar surface area (TPSA) is 25.4 Å². The molecule has 0 aromatic carbocycles. The molecule has 1 aromatic heterocycles. The second-order valence-electron chi connectivity index (χ2n) is 4.19. The molecule has 1 aliphatic heterocycles. The minimum atomic E-state index is 0.438. The largest absolute Gasteiger partial charge is 0.378 e. The van der Waals surface area contributed by atoms with E-state index in [-0.39, 0.29) is 0 Å². The van der Waals surface area contributed by atoms with E-state index in [0.29, 0.717) is 16.3 Å². The third-order valence-corrected chi connectivity index (χ3v) is 3.62. The second-order valence-corrected chi connectivity index (χ2v) is 4.94. The molecule has 1 fully saturated rings. The van der Waals surface area contributed by atoms with E-state index in [0.717, 1.165) is 38.3 Å². The third-order valence-electron chi connectivity index (χ3n) is 3.09. The number of halogens is 2. The molecule has 1 atom stereocenters. The van der Waals surface area contributed by atoms with Crippen molar-refractivity contribution in [2.24, 2.45) is 0 Å². The summed E-state index contributed by atoms with van der Waals surface area (Å²) in [4.78, 5) is 6.45. The molecule has 1 saturated heterocycles. The van der Waals surface area contributed by atoms with Gasteiger partial charge in [0.2, 0.25) is 0 Å². The monoisotopic (exact) mass is 274 g/mol. The maximum atomic E-state index is 6.09. The Labute approximate surface area is 112 Å². The van der Waals surface area contributed by atoms with Crippen LogP contribution in [0.5, 0.6) is 0 Å². The van der Waals surface area contributed by atoms with E-state index in [4.69, 9.17) is 27.9 Å². The van der Waals surface area contributed by atoms with Gasteiger partial charge in [0, 0.05) is 24.7 Å². The van der Waals surface area contributed by atoms with Crippen LogP contribution in [-0.2, 0) is 11.3 Å². The Hall–Kier alpha value is -0.350. The Balaban J connectivity index is 2.08. The van der Waals surface area contributed by atoms with Gasteiger partial charge in [0.05, 0.1) is 13.2 Å². The van der Waals surface area contributed by atoms with Crippen molar-refractivity contribution >= 4 is 23.2 Å². The Bertz CT molecular complexity index is 387. The highest BCUT2D eigenvalue weighted by Crippen LogP contribution is 2.21. The average Bonchev–Trinajstić information content (AvgIpc) is 2.33. The number of hydrogen-bond acceptors (Lipinski definition) is 3. The fraction of sp³-hybridized carbons (Fsp3) is 0.583. The van der Waals surface area contributed by atoms with Gasteiger partial charge in [-0.25, -0.2) is 4.98 Å². The molecule has 0 amide bonds. The Morgan fingerprint density at radius 3 is 3.00 bits per heavy atom. The summed E-state index contributed by atoms with van der Waals surface area (Å²) in [6.45, 7) is 5.51. The zero-order valence-corrected chi connectivity index (χ0v) is 11.3. The first-order valence-corrected chi connectivity index (χ1v) is 6.59. The van der Waals surface area contributed by atoms with Crippen LogP contribution >= 0.6 is 23.2 Å². The lowest BCUT2D eigenvalue weighted by molar-refractivity contribution is -0.0127. The van der Waals surface area contributed by atoms with Crippen LogP contribution in [0.2, 0.25) is 10.3 Å². The van der Waals surface area contributed by atoms with Gasteiger partial charge in [-0.2, -0.15) is 0 Å². The lowest BCUT2D eigenvalue weighted by atomic mass is 10.1. The smallest absolute Gasteiger partial charge is 0.135 e. The molecule has 94 valence electrons. The van der Waals surface area contributed by atoms with E-state index in [1.165, 1.54) is 0 Å². The average molecular weight is 275 g/mol. The first-order valence-electron chi connectivity index (χ1n) is 5.83. The Morgan fingerprint density at radius 2 is 2.29 bits per heavy atom. The molecule has 3 nitrogen and oxygen atoms in total. The third kappa shape index (κ3) is 3.32. The molecule has 0 spiro atoms. The maximum Gasteiger partial charge on any atom is 0.135 e. The van der Waals surface area contributed by atoms with Crippen LogP contribution in [0.15, 0.2) is 12.1 Å². The van der Waals surface area contributed by atoms with Gasteiger partial charge in [-0.05, 0) is 12.5 Å². The summed E-state index contributed by atoms with van der Waals surface area (Å²) in [5, 5.41) is 0.937. The van der Waals surface area contributed by atoms with Crippen LogP contribution in [0, 0.1) is 0 Å². The van der Waals surface area contributed by atoms with Crippen LogP contribution < -0.4 is 0 Å². The molecule has 2 heterocycles. The van der Waals surface area contributed by atoms with Crippen LogP contribution in [0.1, 0.15) is 18.9 Å². The van der Waals surface area contributed by atoms with E-state index in [1.54, 1.807) is 6.07 Å². The number of rotatable bonds is 3. The summed E-state index contributed by atoms with van der Waals surface area (Å²) in [5.74, 6) is 0. The number of morpholine rings is 1. The van der Waals surface area contributed by atoms with Crippen LogP contribution in [0.4, 0.5) is 0 Å². The van der Waals surface area contributed by atoms with Crippen molar-refractivity contribution in [2.45, 2.75) is 25.9 Å². The highest BCUT2D eigenvalue weighted by molar-refractivity contribution is 6.32. The lowest BCUT2D eigenvalue weighted by Crippen LogP contribution is -2.44. The molecule has 17 heavy (non-hydrogen) atoms. The molecule has 1 unspecified atom stereocenters. The van der Waals surface area contributed by atoms with Crippen molar-refractivity contribution in [1.82, 2.24) is 9.88 Å². The maximum absolute atomic E-state index is 6.09. The highest BCUT2D eigenvalue weighted by atomic mass is 35.5. The summed E-state index contributed by atoms with van der Waals surface area (Å²) < 4.78 is 5.48. The standard InChI is InChI=1S/C12H16Cl2N2O/c1-2-10-8-17-6-5-16(10)7-9-3-4-11(13)15-12(9)14/h3-4,10H,2,5-8H2,1H3. The molecular formula is C12H16Cl2N2O. The predicted octanol–water partition coefficient (Wildman–Crippen LogP) is 3.00. The summed E-state index contributed by atoms with van der Waals surface area (Å²) in [7, 11) is 0. The van der Waals surface area contributed by atoms with Gasteiger partial charge >= 0.3 is 0 Å². The molecular weight excluding hydrogens is 259 g/mol. The summed E-state index contributed by atoms with van der Waals surface area (Å²) in [6, 6.07) is 4.19. The molecule has 1 aliphatic rings. The summed E-state index contributed by atoms with van der Waals surface area (Å²) >= 11 is 11.9. The van der Waals surface area contributed by atoms with Gasteiger partial charge in [0.25, 0.3) is 0 Å². The second kappa shape index (κ2) is 6.01. The predicted molar refractivity (Wildman–Crippen MR) is 69.6 cm³/mol. The van der Waals surface area contributed by atoms with E-state index in [2.05, 4.69) is 16.8 Å². The van der Waals surface area contributed by atoms with Crippen LogP contribution in [0.25, 0.3) is 0 Å². The molecule has 0 radical (unpaired) electrons. The first-order chi connectivity index (χ1) is 8.20. The van der Waals surface area contributed by atoms with E-state index < -0.39 is 0 Å². The number of aromatic nitrogens is 1. The van der Waals surface area contributed by atoms with Crippen LogP contribution in [-0.4, -0.2) is 35.7 Å². The number of hydrogen-bond donors (Lipinski definition) is 0. The van der Waals surface area contributed by atoms with Crippen molar-refractivity contribution in [3.8, 4) is 0 Å². The van der Waals surface area contributed by atoms with Crippen molar-refractivity contribution in [3.05, 3.63) is 28.0 Å². The molecule has 2 rings (SSSR count). The SMILES string of the molecule is CCC1COCCN1Cc1ccc(Cl)nc1Cl. The summed E-state index contributed by atoms with van der Waals surface area (Å²) in [5.41, 5.74) is 1.02. The van der Waals surface area contributed by atoms with Gasteiger partial charge in [-0.1, -0.05) is 36.2 Å². The summed E-state index contributed by atoms with van der Waals surface area (Å²) in [6.07, 6.45) is 1.08. The van der Waals surface area contributed by atoms with E-state index in [9.17, 15) is 0 Å². The van der Waals surface area contributed by atoms with E-state index in [1.807, 2.05) is 6.07 Å². The fourth-order valence-electron chi connectivity index (χ4n) is 2.05. The number of nitrogens with zero attached hydrogens (tertiary/aromatic N) is 2. The highest BCUT2D eigenvalue weighted by Gasteiger charge is 2.22. The van der Waals surface area contributed by atoms with Crippen LogP contribution in [0.3, 0.4) is 0 Å². The van der Waals surface area contributed by atoms with Crippen molar-refractivity contribution in [1.29, 1.82) is 0 Å². The van der Waals surface area contributed by atoms with Crippen molar-refractivity contribution in [2.75, 3.05) is 19.8 Å².